The first-order valence-corrected chi connectivity index (χ1v) is 11.4. The third-order valence-electron chi connectivity index (χ3n) is 4.15. The third-order valence-corrected chi connectivity index (χ3v) is 7.16. The maximum Gasteiger partial charge on any atom is 0.267 e. The van der Waals surface area contributed by atoms with Crippen LogP contribution in [0.15, 0.2) is 47.5 Å². The molecule has 1 amide bonds. The molecule has 0 saturated heterocycles. The number of carbonyl (C=O) groups excluding carboxylic acids is 1. The molecule has 0 bridgehead atoms. The summed E-state index contributed by atoms with van der Waals surface area (Å²) in [6.07, 6.45) is 1.67. The molecule has 2 aromatic heterocycles. The van der Waals surface area contributed by atoms with Crippen LogP contribution in [0.5, 0.6) is 5.75 Å². The quantitative estimate of drug-likeness (QED) is 0.597. The van der Waals surface area contributed by atoms with E-state index in [1.54, 1.807) is 26.1 Å². The van der Waals surface area contributed by atoms with Gasteiger partial charge in [0.15, 0.2) is 0 Å². The maximum absolute atomic E-state index is 12.8. The predicted molar refractivity (Wildman–Crippen MR) is 117 cm³/mol. The van der Waals surface area contributed by atoms with Crippen molar-refractivity contribution >= 4 is 33.0 Å². The van der Waals surface area contributed by atoms with Crippen molar-refractivity contribution in [3.63, 3.8) is 0 Å². The number of nitrogens with one attached hydrogen (secondary N) is 1. The second-order valence-electron chi connectivity index (χ2n) is 6.48. The van der Waals surface area contributed by atoms with Crippen LogP contribution in [0.2, 0.25) is 0 Å². The summed E-state index contributed by atoms with van der Waals surface area (Å²) in [6.45, 7) is 3.84. The Morgan fingerprint density at radius 2 is 2.00 bits per heavy atom. The SMILES string of the molecule is CCOc1ccc(NC(=O)c2sc(-c3ccccn3)nc2C)cc1S(=O)(=O)N(C)C. The monoisotopic (exact) mass is 446 g/mol. The fraction of sp³-hybridized carbons (Fsp3) is 0.250. The van der Waals surface area contributed by atoms with Crippen LogP contribution < -0.4 is 10.1 Å². The van der Waals surface area contributed by atoms with E-state index < -0.39 is 10.0 Å². The zero-order chi connectivity index (χ0) is 21.9. The van der Waals surface area contributed by atoms with Crippen molar-refractivity contribution in [2.24, 2.45) is 0 Å². The topological polar surface area (TPSA) is 101 Å². The van der Waals surface area contributed by atoms with E-state index in [-0.39, 0.29) is 16.6 Å². The first-order valence-electron chi connectivity index (χ1n) is 9.13. The van der Waals surface area contributed by atoms with Crippen molar-refractivity contribution in [3.8, 4) is 16.5 Å². The van der Waals surface area contributed by atoms with Crippen molar-refractivity contribution in [2.75, 3.05) is 26.0 Å². The third kappa shape index (κ3) is 4.50. The summed E-state index contributed by atoms with van der Waals surface area (Å²) < 4.78 is 31.9. The van der Waals surface area contributed by atoms with Crippen LogP contribution in [0.4, 0.5) is 5.69 Å². The van der Waals surface area contributed by atoms with Crippen LogP contribution in [0, 0.1) is 6.92 Å². The minimum Gasteiger partial charge on any atom is -0.492 e. The number of nitrogens with zero attached hydrogens (tertiary/aromatic N) is 3. The van der Waals surface area contributed by atoms with Gasteiger partial charge < -0.3 is 10.1 Å². The number of aryl methyl sites for hydroxylation is 1. The number of hydrogen-bond donors (Lipinski definition) is 1. The highest BCUT2D eigenvalue weighted by Crippen LogP contribution is 2.31. The lowest BCUT2D eigenvalue weighted by molar-refractivity contribution is 0.102. The van der Waals surface area contributed by atoms with Gasteiger partial charge >= 0.3 is 0 Å². The first-order chi connectivity index (χ1) is 14.2. The highest BCUT2D eigenvalue weighted by molar-refractivity contribution is 7.89. The minimum absolute atomic E-state index is 0.0117. The molecule has 0 aliphatic heterocycles. The molecule has 8 nitrogen and oxygen atoms in total. The molecule has 0 spiro atoms. The lowest BCUT2D eigenvalue weighted by Crippen LogP contribution is -2.23. The van der Waals surface area contributed by atoms with Crippen LogP contribution in [0.3, 0.4) is 0 Å². The smallest absolute Gasteiger partial charge is 0.267 e. The van der Waals surface area contributed by atoms with Gasteiger partial charge in [0.2, 0.25) is 10.0 Å². The van der Waals surface area contributed by atoms with Crippen LogP contribution in [-0.4, -0.2) is 49.3 Å². The van der Waals surface area contributed by atoms with Gasteiger partial charge in [0.05, 0.1) is 18.0 Å². The highest BCUT2D eigenvalue weighted by Gasteiger charge is 2.24. The molecule has 0 fully saturated rings. The van der Waals surface area contributed by atoms with E-state index in [1.165, 1.54) is 37.6 Å². The molecule has 158 valence electrons. The van der Waals surface area contributed by atoms with Crippen molar-refractivity contribution < 1.29 is 17.9 Å². The highest BCUT2D eigenvalue weighted by atomic mass is 32.2. The van der Waals surface area contributed by atoms with Gasteiger partial charge in [0.1, 0.15) is 20.5 Å². The van der Waals surface area contributed by atoms with E-state index in [2.05, 4.69) is 15.3 Å². The second kappa shape index (κ2) is 8.90. The number of pyridine rings is 1. The molecule has 0 radical (unpaired) electrons. The Labute approximate surface area is 179 Å². The van der Waals surface area contributed by atoms with Crippen LogP contribution in [0.1, 0.15) is 22.3 Å². The molecule has 30 heavy (non-hydrogen) atoms. The van der Waals surface area contributed by atoms with Gasteiger partial charge in [-0.3, -0.25) is 9.78 Å². The fourth-order valence-electron chi connectivity index (χ4n) is 2.65. The van der Waals surface area contributed by atoms with Gasteiger partial charge in [-0.2, -0.15) is 0 Å². The van der Waals surface area contributed by atoms with E-state index in [4.69, 9.17) is 4.74 Å². The molecule has 3 rings (SSSR count). The van der Waals surface area contributed by atoms with E-state index in [9.17, 15) is 13.2 Å². The number of thiazole rings is 1. The van der Waals surface area contributed by atoms with E-state index in [0.29, 0.717) is 33.6 Å². The molecule has 0 unspecified atom stereocenters. The van der Waals surface area contributed by atoms with Gasteiger partial charge in [-0.1, -0.05) is 6.07 Å². The predicted octanol–water partition coefficient (Wildman–Crippen LogP) is 3.41. The van der Waals surface area contributed by atoms with E-state index in [1.807, 2.05) is 18.2 Å². The fourth-order valence-corrected chi connectivity index (χ4v) is 4.64. The average molecular weight is 447 g/mol. The van der Waals surface area contributed by atoms with Crippen LogP contribution >= 0.6 is 11.3 Å². The average Bonchev–Trinajstić information content (AvgIpc) is 3.11. The lowest BCUT2D eigenvalue weighted by Gasteiger charge is -2.16. The summed E-state index contributed by atoms with van der Waals surface area (Å²) >= 11 is 1.23. The number of anilines is 1. The number of benzene rings is 1. The Morgan fingerprint density at radius 1 is 1.23 bits per heavy atom. The van der Waals surface area contributed by atoms with Crippen molar-refractivity contribution in [2.45, 2.75) is 18.7 Å². The molecular weight excluding hydrogens is 424 g/mol. The standard InChI is InChI=1S/C20H22N4O4S2/c1-5-28-16-10-9-14(12-17(16)30(26,27)24(3)4)23-19(25)18-13(2)22-20(29-18)15-8-6-7-11-21-15/h6-12H,5H2,1-4H3,(H,23,25). The summed E-state index contributed by atoms with van der Waals surface area (Å²) in [4.78, 5) is 21.9. The Hall–Kier alpha value is -2.82. The maximum atomic E-state index is 12.8. The number of rotatable bonds is 7. The van der Waals surface area contributed by atoms with Gasteiger partial charge in [0, 0.05) is 26.0 Å². The molecule has 0 atom stereocenters. The molecule has 3 aromatic rings. The molecular formula is C20H22N4O4S2. The Bertz CT molecular complexity index is 1160. The summed E-state index contributed by atoms with van der Waals surface area (Å²) in [6, 6.07) is 10.0. The van der Waals surface area contributed by atoms with Crippen molar-refractivity contribution in [1.82, 2.24) is 14.3 Å². The zero-order valence-electron chi connectivity index (χ0n) is 17.0. The number of aromatic nitrogens is 2. The van der Waals surface area contributed by atoms with Crippen LogP contribution in [-0.2, 0) is 10.0 Å². The number of ether oxygens (including phenoxy) is 1. The minimum atomic E-state index is -3.75. The second-order valence-corrected chi connectivity index (χ2v) is 9.60. The van der Waals surface area contributed by atoms with Crippen molar-refractivity contribution in [1.29, 1.82) is 0 Å². The molecule has 1 N–H and O–H groups in total. The normalized spacial score (nSPS) is 11.5. The van der Waals surface area contributed by atoms with Gasteiger partial charge in [-0.05, 0) is 44.2 Å². The number of amides is 1. The Balaban J connectivity index is 1.91. The zero-order valence-corrected chi connectivity index (χ0v) is 18.7. The summed E-state index contributed by atoms with van der Waals surface area (Å²) in [5, 5.41) is 3.40. The van der Waals surface area contributed by atoms with Gasteiger partial charge in [0.25, 0.3) is 5.91 Å². The number of carbonyl (C=O) groups is 1. The van der Waals surface area contributed by atoms with Gasteiger partial charge in [-0.15, -0.1) is 11.3 Å². The molecule has 1 aromatic carbocycles. The molecule has 0 aliphatic carbocycles. The van der Waals surface area contributed by atoms with E-state index in [0.717, 1.165) is 4.31 Å². The summed E-state index contributed by atoms with van der Waals surface area (Å²) in [5.41, 5.74) is 1.60. The molecule has 0 saturated carbocycles. The number of hydrogen-bond acceptors (Lipinski definition) is 7. The van der Waals surface area contributed by atoms with E-state index >= 15 is 0 Å². The molecule has 10 heteroatoms. The summed E-state index contributed by atoms with van der Waals surface area (Å²) in [5.74, 6) is -0.139. The lowest BCUT2D eigenvalue weighted by atomic mass is 10.3. The largest absolute Gasteiger partial charge is 0.492 e. The molecule has 0 aliphatic rings. The van der Waals surface area contributed by atoms with Crippen molar-refractivity contribution in [3.05, 3.63) is 53.2 Å². The number of sulfonamides is 1. The first kappa shape index (κ1) is 21.9. The van der Waals surface area contributed by atoms with Gasteiger partial charge in [-0.25, -0.2) is 17.7 Å². The Kier molecular flexibility index (Phi) is 6.49. The summed E-state index contributed by atoms with van der Waals surface area (Å²) in [7, 11) is -0.872. The van der Waals surface area contributed by atoms with Crippen LogP contribution in [0.25, 0.3) is 10.7 Å². The Morgan fingerprint density at radius 3 is 2.63 bits per heavy atom. The molecule has 2 heterocycles.